The highest BCUT2D eigenvalue weighted by atomic mass is 32.2. The van der Waals surface area contributed by atoms with Crippen LogP contribution in [0.2, 0.25) is 18.1 Å². The van der Waals surface area contributed by atoms with Crippen LogP contribution in [0.5, 0.6) is 5.75 Å². The third kappa shape index (κ3) is 7.41. The number of ether oxygens (including phenoxy) is 4. The van der Waals surface area contributed by atoms with Gasteiger partial charge in [-0.1, -0.05) is 93.6 Å². The third-order valence-electron chi connectivity index (χ3n) is 9.35. The van der Waals surface area contributed by atoms with Crippen LogP contribution in [0.3, 0.4) is 0 Å². The molecule has 1 aliphatic heterocycles. The molecule has 9 nitrogen and oxygen atoms in total. The molecule has 1 N–H and O–H groups in total. The number of thioether (sulfide) groups is 1. The lowest BCUT2D eigenvalue weighted by Crippen LogP contribution is -2.50. The van der Waals surface area contributed by atoms with Crippen molar-refractivity contribution >= 4 is 20.1 Å². The van der Waals surface area contributed by atoms with Crippen LogP contribution in [0.1, 0.15) is 43.7 Å². The average molecular weight is 691 g/mol. The number of nitrogens with zero attached hydrogens (tertiary/aromatic N) is 1. The molecule has 0 spiro atoms. The molecule has 1 aromatic heterocycles. The second-order valence-electron chi connectivity index (χ2n) is 13.4. The van der Waals surface area contributed by atoms with E-state index in [1.807, 2.05) is 66.9 Å². The summed E-state index contributed by atoms with van der Waals surface area (Å²) in [5, 5.41) is -0.129. The minimum atomic E-state index is -2.42. The Morgan fingerprint density at radius 2 is 1.44 bits per heavy atom. The summed E-state index contributed by atoms with van der Waals surface area (Å²) in [5.41, 5.74) is 0.670. The van der Waals surface area contributed by atoms with Crippen LogP contribution >= 0.6 is 11.8 Å². The van der Waals surface area contributed by atoms with Gasteiger partial charge in [-0.25, -0.2) is 4.79 Å². The van der Waals surface area contributed by atoms with Gasteiger partial charge in [0.2, 0.25) is 0 Å². The summed E-state index contributed by atoms with van der Waals surface area (Å²) in [6, 6.07) is 29.4. The van der Waals surface area contributed by atoms with Crippen LogP contribution < -0.4 is 16.0 Å². The van der Waals surface area contributed by atoms with Crippen LogP contribution in [0.4, 0.5) is 0 Å². The molecule has 0 aliphatic carbocycles. The van der Waals surface area contributed by atoms with Crippen molar-refractivity contribution in [1.82, 2.24) is 9.55 Å². The van der Waals surface area contributed by atoms with Crippen molar-refractivity contribution in [3.05, 3.63) is 135 Å². The van der Waals surface area contributed by atoms with Gasteiger partial charge in [-0.05, 0) is 53.2 Å². The maximum atomic E-state index is 13.2. The Labute approximate surface area is 287 Å². The smallest absolute Gasteiger partial charge is 0.330 e. The first-order valence-corrected chi connectivity index (χ1v) is 20.4. The van der Waals surface area contributed by atoms with E-state index in [0.717, 1.165) is 22.4 Å². The first-order chi connectivity index (χ1) is 22.9. The van der Waals surface area contributed by atoms with Gasteiger partial charge in [0.25, 0.3) is 5.56 Å². The summed E-state index contributed by atoms with van der Waals surface area (Å²) < 4.78 is 34.4. The number of aromatic nitrogens is 2. The maximum absolute atomic E-state index is 13.2. The molecular formula is C37H46N2O7SSi. The first kappa shape index (κ1) is 35.8. The van der Waals surface area contributed by atoms with Crippen LogP contribution in [0.25, 0.3) is 0 Å². The molecule has 0 bridgehead atoms. The van der Waals surface area contributed by atoms with Crippen molar-refractivity contribution in [2.24, 2.45) is 0 Å². The van der Waals surface area contributed by atoms with Crippen molar-refractivity contribution in [1.29, 1.82) is 0 Å². The van der Waals surface area contributed by atoms with E-state index >= 15 is 0 Å². The first-order valence-electron chi connectivity index (χ1n) is 16.1. The molecule has 2 heterocycles. The number of aromatic amines is 1. The molecule has 0 saturated carbocycles. The monoisotopic (exact) mass is 690 g/mol. The van der Waals surface area contributed by atoms with E-state index in [1.54, 1.807) is 18.9 Å². The quantitative estimate of drug-likeness (QED) is 0.0959. The predicted molar refractivity (Wildman–Crippen MR) is 192 cm³/mol. The van der Waals surface area contributed by atoms with Crippen molar-refractivity contribution in [2.75, 3.05) is 25.9 Å². The Hall–Kier alpha value is -3.45. The molecule has 5 rings (SSSR count). The summed E-state index contributed by atoms with van der Waals surface area (Å²) in [7, 11) is -0.772. The van der Waals surface area contributed by atoms with E-state index < -0.39 is 49.7 Å². The summed E-state index contributed by atoms with van der Waals surface area (Å²) >= 11 is 1.55. The second kappa shape index (κ2) is 15.0. The van der Waals surface area contributed by atoms with E-state index in [9.17, 15) is 9.59 Å². The molecule has 4 aromatic rings. The number of nitrogens with one attached hydrogen (secondary N) is 1. The van der Waals surface area contributed by atoms with E-state index in [-0.39, 0.29) is 11.6 Å². The van der Waals surface area contributed by atoms with E-state index in [0.29, 0.717) is 5.94 Å². The standard InChI is InChI=1S/C37H46N2O7SSi/c1-36(2,3)48(6,7)46-33-32(43-25-47-5)30(45-34(33)39-23-22-31(40)38-35(39)41)24-44-37(26-14-10-8-11-15-26,27-16-12-9-13-17-27)28-18-20-29(42-4)21-19-28/h8-23,30,32-34H,24-25H2,1-7H3,(H,38,40,41)/t30-,32-,33-,34-/m1/s1. The number of H-pyrrole nitrogens is 1. The number of methoxy groups -OCH3 is 1. The lowest BCUT2D eigenvalue weighted by atomic mass is 9.80. The van der Waals surface area contributed by atoms with Crippen molar-refractivity contribution in [3.63, 3.8) is 0 Å². The van der Waals surface area contributed by atoms with Gasteiger partial charge in [0, 0.05) is 12.3 Å². The predicted octanol–water partition coefficient (Wildman–Crippen LogP) is 6.55. The molecule has 4 atom stereocenters. The normalized spacial score (nSPS) is 20.1. The zero-order valence-corrected chi connectivity index (χ0v) is 30.5. The number of rotatable bonds is 13. The molecule has 1 fully saturated rings. The van der Waals surface area contributed by atoms with Gasteiger partial charge >= 0.3 is 5.69 Å². The molecule has 256 valence electrons. The van der Waals surface area contributed by atoms with Gasteiger partial charge in [0.1, 0.15) is 29.7 Å². The minimum absolute atomic E-state index is 0.0980. The van der Waals surface area contributed by atoms with Crippen molar-refractivity contribution < 1.29 is 23.4 Å². The van der Waals surface area contributed by atoms with E-state index in [2.05, 4.69) is 63.1 Å². The SMILES string of the molecule is COc1ccc(C(OC[C@H]2O[C@@H](n3ccc(=O)[nH]c3=O)[C@H](O[Si](C)(C)C(C)(C)C)[C@@H]2OCSC)(c2ccccc2)c2ccccc2)cc1. The molecule has 0 unspecified atom stereocenters. The largest absolute Gasteiger partial charge is 0.497 e. The third-order valence-corrected chi connectivity index (χ3v) is 14.2. The Balaban J connectivity index is 1.62. The zero-order chi connectivity index (χ0) is 34.5. The Morgan fingerprint density at radius 1 is 0.854 bits per heavy atom. The van der Waals surface area contributed by atoms with E-state index in [4.69, 9.17) is 23.4 Å². The zero-order valence-electron chi connectivity index (χ0n) is 28.7. The van der Waals surface area contributed by atoms with Gasteiger partial charge in [-0.15, -0.1) is 11.8 Å². The molecule has 48 heavy (non-hydrogen) atoms. The summed E-state index contributed by atoms with van der Waals surface area (Å²) in [4.78, 5) is 27.6. The number of benzene rings is 3. The lowest BCUT2D eigenvalue weighted by molar-refractivity contribution is -0.100. The summed E-state index contributed by atoms with van der Waals surface area (Å²) in [6.07, 6.45) is 0.676. The van der Waals surface area contributed by atoms with Crippen molar-refractivity contribution in [3.8, 4) is 5.75 Å². The average Bonchev–Trinajstić information content (AvgIpc) is 3.40. The maximum Gasteiger partial charge on any atom is 0.330 e. The van der Waals surface area contributed by atoms with E-state index in [1.165, 1.54) is 16.8 Å². The highest BCUT2D eigenvalue weighted by molar-refractivity contribution is 7.98. The van der Waals surface area contributed by atoms with Crippen LogP contribution in [-0.4, -0.2) is 62.1 Å². The number of hydrogen-bond acceptors (Lipinski definition) is 8. The second-order valence-corrected chi connectivity index (χ2v) is 19.0. The Bertz CT molecular complexity index is 1700. The van der Waals surface area contributed by atoms with Gasteiger partial charge in [0.15, 0.2) is 14.5 Å². The highest BCUT2D eigenvalue weighted by Gasteiger charge is 2.53. The van der Waals surface area contributed by atoms with Crippen LogP contribution in [-0.2, 0) is 24.2 Å². The summed E-state index contributed by atoms with van der Waals surface area (Å²) in [5.74, 6) is 1.12. The fraction of sp³-hybridized carbons (Fsp3) is 0.405. The summed E-state index contributed by atoms with van der Waals surface area (Å²) in [6.45, 7) is 10.9. The van der Waals surface area contributed by atoms with Crippen LogP contribution in [0.15, 0.2) is 107 Å². The fourth-order valence-corrected chi connectivity index (χ4v) is 7.39. The van der Waals surface area contributed by atoms with Gasteiger partial charge in [0.05, 0.1) is 19.7 Å². The van der Waals surface area contributed by atoms with Crippen LogP contribution in [0, 0.1) is 0 Å². The van der Waals surface area contributed by atoms with Gasteiger partial charge in [-0.3, -0.25) is 14.3 Å². The molecule has 0 radical (unpaired) electrons. The minimum Gasteiger partial charge on any atom is -0.497 e. The highest BCUT2D eigenvalue weighted by Crippen LogP contribution is 2.45. The molecule has 1 saturated heterocycles. The molecule has 11 heteroatoms. The van der Waals surface area contributed by atoms with Gasteiger partial charge in [-0.2, -0.15) is 0 Å². The molecule has 1 aliphatic rings. The topological polar surface area (TPSA) is 101 Å². The number of hydrogen-bond donors (Lipinski definition) is 1. The Morgan fingerprint density at radius 3 is 1.96 bits per heavy atom. The molecule has 3 aromatic carbocycles. The van der Waals surface area contributed by atoms with Gasteiger partial charge < -0.3 is 23.4 Å². The lowest BCUT2D eigenvalue weighted by Gasteiger charge is -2.40. The fourth-order valence-electron chi connectivity index (χ4n) is 5.81. The molecule has 0 amide bonds. The Kier molecular flexibility index (Phi) is 11.2. The molecular weight excluding hydrogens is 645 g/mol. The van der Waals surface area contributed by atoms with Crippen molar-refractivity contribution in [2.45, 2.75) is 69.0 Å².